The lowest BCUT2D eigenvalue weighted by molar-refractivity contribution is -0.0561. The number of methoxy groups -OCH3 is 1. The quantitative estimate of drug-likeness (QED) is 0.536. The van der Waals surface area contributed by atoms with E-state index in [1.165, 1.54) is 7.11 Å². The number of hydrogen-bond donors (Lipinski definition) is 0. The molecular weight excluding hydrogens is 128 g/mol. The van der Waals surface area contributed by atoms with Crippen LogP contribution in [0.3, 0.4) is 0 Å². The Hall–Kier alpha value is -1.06. The molecule has 1 fully saturated rings. The Labute approximate surface area is 59.8 Å². The largest absolute Gasteiger partial charge is 0.362 e. The van der Waals surface area contributed by atoms with Crippen molar-refractivity contribution in [3.8, 4) is 12.1 Å². The van der Waals surface area contributed by atoms with E-state index < -0.39 is 5.60 Å². The van der Waals surface area contributed by atoms with Gasteiger partial charge in [0.1, 0.15) is 0 Å². The summed E-state index contributed by atoms with van der Waals surface area (Å²) in [6.45, 7) is 0. The molecule has 0 heterocycles. The van der Waals surface area contributed by atoms with Gasteiger partial charge in [0, 0.05) is 7.11 Å². The molecule has 3 nitrogen and oxygen atoms in total. The SMILES string of the molecule is CO[C@]1(C#N)CC[C@@H]1C#N. The summed E-state index contributed by atoms with van der Waals surface area (Å²) in [7, 11) is 1.48. The van der Waals surface area contributed by atoms with Crippen molar-refractivity contribution >= 4 is 0 Å². The Bertz CT molecular complexity index is 209. The van der Waals surface area contributed by atoms with E-state index in [0.717, 1.165) is 6.42 Å². The molecule has 0 amide bonds. The second-order valence-corrected chi connectivity index (χ2v) is 2.43. The van der Waals surface area contributed by atoms with Gasteiger partial charge in [-0.15, -0.1) is 0 Å². The van der Waals surface area contributed by atoms with E-state index >= 15 is 0 Å². The molecule has 0 bridgehead atoms. The van der Waals surface area contributed by atoms with Gasteiger partial charge < -0.3 is 4.74 Å². The molecule has 0 aromatic carbocycles. The first kappa shape index (κ1) is 7.05. The average molecular weight is 136 g/mol. The van der Waals surface area contributed by atoms with Crippen molar-refractivity contribution < 1.29 is 4.74 Å². The summed E-state index contributed by atoms with van der Waals surface area (Å²) in [6.07, 6.45) is 1.48. The Kier molecular flexibility index (Phi) is 1.61. The first-order chi connectivity index (χ1) is 4.79. The number of nitrogens with zero attached hydrogens (tertiary/aromatic N) is 2. The fraction of sp³-hybridized carbons (Fsp3) is 0.714. The van der Waals surface area contributed by atoms with Crippen LogP contribution in [0.1, 0.15) is 12.8 Å². The van der Waals surface area contributed by atoms with Crippen LogP contribution < -0.4 is 0 Å². The maximum Gasteiger partial charge on any atom is 0.169 e. The molecule has 0 aromatic rings. The minimum atomic E-state index is -0.783. The molecule has 1 aliphatic carbocycles. The third-order valence-electron chi connectivity index (χ3n) is 2.08. The van der Waals surface area contributed by atoms with Gasteiger partial charge in [-0.25, -0.2) is 0 Å². The lowest BCUT2D eigenvalue weighted by atomic mass is 9.71. The molecule has 0 saturated heterocycles. The van der Waals surface area contributed by atoms with E-state index in [2.05, 4.69) is 0 Å². The van der Waals surface area contributed by atoms with Crippen molar-refractivity contribution in [1.82, 2.24) is 0 Å². The van der Waals surface area contributed by atoms with E-state index in [4.69, 9.17) is 15.3 Å². The van der Waals surface area contributed by atoms with Crippen LogP contribution in [-0.2, 0) is 4.74 Å². The molecule has 3 heteroatoms. The zero-order valence-corrected chi connectivity index (χ0v) is 5.79. The van der Waals surface area contributed by atoms with Crippen LogP contribution in [0.2, 0.25) is 0 Å². The monoisotopic (exact) mass is 136 g/mol. The lowest BCUT2D eigenvalue weighted by Gasteiger charge is -2.38. The van der Waals surface area contributed by atoms with E-state index in [-0.39, 0.29) is 5.92 Å². The van der Waals surface area contributed by atoms with Crippen LogP contribution in [0.25, 0.3) is 0 Å². The lowest BCUT2D eigenvalue weighted by Crippen LogP contribution is -2.46. The summed E-state index contributed by atoms with van der Waals surface area (Å²) < 4.78 is 4.94. The van der Waals surface area contributed by atoms with E-state index in [0.29, 0.717) is 6.42 Å². The van der Waals surface area contributed by atoms with Crippen LogP contribution in [0.4, 0.5) is 0 Å². The molecule has 1 aliphatic rings. The van der Waals surface area contributed by atoms with Crippen LogP contribution in [0.5, 0.6) is 0 Å². The minimum absolute atomic E-state index is 0.220. The fourth-order valence-corrected chi connectivity index (χ4v) is 1.14. The number of ether oxygens (including phenoxy) is 1. The molecule has 52 valence electrons. The molecule has 0 aliphatic heterocycles. The van der Waals surface area contributed by atoms with Gasteiger partial charge in [0.25, 0.3) is 0 Å². The smallest absolute Gasteiger partial charge is 0.169 e. The number of nitriles is 2. The van der Waals surface area contributed by atoms with Gasteiger partial charge in [-0.1, -0.05) is 0 Å². The highest BCUT2D eigenvalue weighted by Gasteiger charge is 2.48. The predicted molar refractivity (Wildman–Crippen MR) is 33.7 cm³/mol. The standard InChI is InChI=1S/C7H8N2O/c1-10-7(5-9)3-2-6(7)4-8/h6H,2-3H2,1H3/t6-,7+/m1/s1. The van der Waals surface area contributed by atoms with Crippen molar-refractivity contribution in [3.63, 3.8) is 0 Å². The van der Waals surface area contributed by atoms with Crippen LogP contribution in [0, 0.1) is 28.6 Å². The van der Waals surface area contributed by atoms with E-state index in [9.17, 15) is 0 Å². The van der Waals surface area contributed by atoms with Gasteiger partial charge in [-0.3, -0.25) is 0 Å². The van der Waals surface area contributed by atoms with Crippen LogP contribution in [-0.4, -0.2) is 12.7 Å². The molecule has 2 atom stereocenters. The molecule has 0 N–H and O–H groups in total. The second kappa shape index (κ2) is 2.28. The van der Waals surface area contributed by atoms with Gasteiger partial charge in [-0.2, -0.15) is 10.5 Å². The maximum atomic E-state index is 8.61. The van der Waals surface area contributed by atoms with Crippen molar-refractivity contribution in [1.29, 1.82) is 10.5 Å². The molecule has 0 radical (unpaired) electrons. The Morgan fingerprint density at radius 2 is 2.30 bits per heavy atom. The Morgan fingerprint density at radius 3 is 2.40 bits per heavy atom. The first-order valence-corrected chi connectivity index (χ1v) is 3.15. The summed E-state index contributed by atoms with van der Waals surface area (Å²) >= 11 is 0. The van der Waals surface area contributed by atoms with Crippen molar-refractivity contribution in [2.45, 2.75) is 18.4 Å². The zero-order valence-electron chi connectivity index (χ0n) is 5.79. The van der Waals surface area contributed by atoms with Gasteiger partial charge in [0.15, 0.2) is 5.60 Å². The van der Waals surface area contributed by atoms with Crippen molar-refractivity contribution in [2.24, 2.45) is 5.92 Å². The van der Waals surface area contributed by atoms with Crippen LogP contribution >= 0.6 is 0 Å². The third-order valence-corrected chi connectivity index (χ3v) is 2.08. The van der Waals surface area contributed by atoms with Gasteiger partial charge in [0.2, 0.25) is 0 Å². The first-order valence-electron chi connectivity index (χ1n) is 3.15. The molecular formula is C7H8N2O. The van der Waals surface area contributed by atoms with E-state index in [1.54, 1.807) is 0 Å². The second-order valence-electron chi connectivity index (χ2n) is 2.43. The van der Waals surface area contributed by atoms with Crippen LogP contribution in [0.15, 0.2) is 0 Å². The number of rotatable bonds is 1. The number of hydrogen-bond acceptors (Lipinski definition) is 3. The highest BCUT2D eigenvalue weighted by atomic mass is 16.5. The minimum Gasteiger partial charge on any atom is -0.362 e. The van der Waals surface area contributed by atoms with Gasteiger partial charge in [0.05, 0.1) is 18.1 Å². The van der Waals surface area contributed by atoms with Crippen molar-refractivity contribution in [3.05, 3.63) is 0 Å². The molecule has 0 aromatic heterocycles. The predicted octanol–water partition coefficient (Wildman–Crippen LogP) is 0.829. The summed E-state index contributed by atoms with van der Waals surface area (Å²) in [5, 5.41) is 17.1. The molecule has 0 unspecified atom stereocenters. The average Bonchev–Trinajstić information content (AvgIpc) is 1.90. The normalized spacial score (nSPS) is 37.3. The summed E-state index contributed by atoms with van der Waals surface area (Å²) in [5.74, 6) is -0.220. The molecule has 10 heavy (non-hydrogen) atoms. The molecule has 1 saturated carbocycles. The van der Waals surface area contributed by atoms with Gasteiger partial charge >= 0.3 is 0 Å². The molecule has 1 rings (SSSR count). The topological polar surface area (TPSA) is 56.8 Å². The summed E-state index contributed by atoms with van der Waals surface area (Å²) in [6, 6.07) is 4.07. The summed E-state index contributed by atoms with van der Waals surface area (Å²) in [5.41, 5.74) is -0.783. The zero-order chi connectivity index (χ0) is 7.61. The van der Waals surface area contributed by atoms with Gasteiger partial charge in [-0.05, 0) is 12.8 Å². The fourth-order valence-electron chi connectivity index (χ4n) is 1.14. The Morgan fingerprint density at radius 1 is 1.60 bits per heavy atom. The Balaban J connectivity index is 2.71. The van der Waals surface area contributed by atoms with E-state index in [1.807, 2.05) is 12.1 Å². The highest BCUT2D eigenvalue weighted by Crippen LogP contribution is 2.40. The summed E-state index contributed by atoms with van der Waals surface area (Å²) in [4.78, 5) is 0. The van der Waals surface area contributed by atoms with Crippen molar-refractivity contribution in [2.75, 3.05) is 7.11 Å². The third kappa shape index (κ3) is 0.683. The highest BCUT2D eigenvalue weighted by molar-refractivity contribution is 5.19. The molecule has 0 spiro atoms. The maximum absolute atomic E-state index is 8.61.